The number of β-lactam (4-membered cyclic amide) rings is 1. The smallest absolute Gasteiger partial charge is 0.404 e. The normalized spacial score (nSPS) is 21.5. The van der Waals surface area contributed by atoms with Gasteiger partial charge in [-0.25, -0.2) is 4.79 Å². The number of benzene rings is 1. The van der Waals surface area contributed by atoms with Gasteiger partial charge in [-0.2, -0.15) is 4.39 Å². The molecular weight excluding hydrogens is 555 g/mol. The summed E-state index contributed by atoms with van der Waals surface area (Å²) >= 11 is 0. The summed E-state index contributed by atoms with van der Waals surface area (Å²) in [5.41, 5.74) is 1.48. The summed E-state index contributed by atoms with van der Waals surface area (Å²) in [6, 6.07) is 4.18. The van der Waals surface area contributed by atoms with Crippen LogP contribution in [0.1, 0.15) is 56.9 Å². The molecule has 0 saturated carbocycles. The van der Waals surface area contributed by atoms with E-state index in [9.17, 15) is 33.5 Å². The highest BCUT2D eigenvalue weighted by atomic mass is 19.2. The second kappa shape index (κ2) is 12.1. The van der Waals surface area contributed by atoms with Gasteiger partial charge in [-0.3, -0.25) is 29.1 Å². The number of esters is 2. The Morgan fingerprint density at radius 1 is 1.10 bits per heavy atom. The first-order valence-corrected chi connectivity index (χ1v) is 13.3. The number of aromatic nitrogens is 1. The number of ether oxygens (including phenoxy) is 4. The highest BCUT2D eigenvalue weighted by molar-refractivity contribution is 6.08. The van der Waals surface area contributed by atoms with E-state index in [0.29, 0.717) is 16.8 Å². The van der Waals surface area contributed by atoms with Gasteiger partial charge in [0.2, 0.25) is 18.6 Å². The molecule has 4 atom stereocenters. The van der Waals surface area contributed by atoms with Crippen LogP contribution in [0, 0.1) is 11.8 Å². The number of aliphatic carboxylic acids is 1. The summed E-state index contributed by atoms with van der Waals surface area (Å²) in [5, 5.41) is 9.83. The Labute approximate surface area is 240 Å². The molecule has 2 aromatic rings. The molecule has 3 heterocycles. The number of carbonyl (C=O) groups excluding carboxylic acids is 4. The highest BCUT2D eigenvalue weighted by Crippen LogP contribution is 2.42. The number of nitrogens with zero attached hydrogens (tertiary/aromatic N) is 2. The number of carboxylic acid groups (broad SMARTS) is 1. The van der Waals surface area contributed by atoms with Gasteiger partial charge in [0.15, 0.2) is 11.5 Å². The van der Waals surface area contributed by atoms with Crippen molar-refractivity contribution >= 4 is 29.7 Å². The number of likely N-dealkylation sites (tertiary alicyclic amines) is 1. The predicted molar refractivity (Wildman–Crippen MR) is 141 cm³/mol. The molecule has 0 aliphatic carbocycles. The van der Waals surface area contributed by atoms with Crippen molar-refractivity contribution < 1.29 is 52.4 Å². The molecule has 1 N–H and O–H groups in total. The van der Waals surface area contributed by atoms with Gasteiger partial charge in [-0.1, -0.05) is 26.8 Å². The van der Waals surface area contributed by atoms with Crippen LogP contribution >= 0.6 is 0 Å². The zero-order valence-corrected chi connectivity index (χ0v) is 23.5. The fraction of sp³-hybridized carbons (Fsp3) is 0.448. The molecule has 2 amide bonds. The van der Waals surface area contributed by atoms with Crippen LogP contribution in [0.3, 0.4) is 0 Å². The minimum atomic E-state index is -2.30. The third kappa shape index (κ3) is 6.84. The van der Waals surface area contributed by atoms with Crippen LogP contribution in [0.5, 0.6) is 11.5 Å². The number of alkyl halides is 1. The van der Waals surface area contributed by atoms with Crippen molar-refractivity contribution in [3.05, 3.63) is 53.3 Å². The average Bonchev–Trinajstić information content (AvgIpc) is 3.22. The van der Waals surface area contributed by atoms with Crippen LogP contribution in [0.2, 0.25) is 0 Å². The summed E-state index contributed by atoms with van der Waals surface area (Å²) < 4.78 is 33.8. The van der Waals surface area contributed by atoms with E-state index in [-0.39, 0.29) is 36.7 Å². The fourth-order valence-electron chi connectivity index (χ4n) is 4.72. The van der Waals surface area contributed by atoms with E-state index in [0.717, 1.165) is 11.8 Å². The molecular formula is C29H31FN2O10. The molecule has 12 nitrogen and oxygen atoms in total. The van der Waals surface area contributed by atoms with Gasteiger partial charge in [0.1, 0.15) is 6.04 Å². The van der Waals surface area contributed by atoms with E-state index in [1.54, 1.807) is 45.0 Å². The largest absolute Gasteiger partial charge is 0.480 e. The quantitative estimate of drug-likeness (QED) is 0.234. The number of hydrogen-bond donors (Lipinski definition) is 1. The first-order valence-electron chi connectivity index (χ1n) is 13.3. The van der Waals surface area contributed by atoms with E-state index in [4.69, 9.17) is 18.9 Å². The molecule has 1 unspecified atom stereocenters. The van der Waals surface area contributed by atoms with Crippen molar-refractivity contribution in [1.29, 1.82) is 0 Å². The van der Waals surface area contributed by atoms with Gasteiger partial charge in [0, 0.05) is 19.5 Å². The summed E-state index contributed by atoms with van der Waals surface area (Å²) in [5.74, 6) is -5.19. The first-order chi connectivity index (χ1) is 19.8. The molecule has 0 radical (unpaired) electrons. The molecule has 42 heavy (non-hydrogen) atoms. The van der Waals surface area contributed by atoms with E-state index in [2.05, 4.69) is 4.98 Å². The molecule has 2 aliphatic rings. The Morgan fingerprint density at radius 2 is 1.81 bits per heavy atom. The van der Waals surface area contributed by atoms with Gasteiger partial charge in [-0.15, -0.1) is 0 Å². The lowest BCUT2D eigenvalue weighted by atomic mass is 9.81. The molecule has 0 bridgehead atoms. The maximum absolute atomic E-state index is 14.0. The first kappa shape index (κ1) is 30.4. The standard InChI is InChI=1S/C29H31FN2O10/c1-15(2)28(38)40-14-39-24(34)13-19-10-17(7-8-31-19)11-20-25(27(36)37)32(26(20)35)23(33)9-16(3)18-5-6-21-22(12-18)42-29(4,30)41-21/h5-8,10,12,15-16,20,25H,9,11,13-14H2,1-4H3,(H,36,37)/t16-,20+,25-,29?/m0/s1. The third-order valence-electron chi connectivity index (χ3n) is 6.89. The van der Waals surface area contributed by atoms with E-state index < -0.39 is 60.4 Å². The molecule has 1 aromatic heterocycles. The number of amides is 2. The van der Waals surface area contributed by atoms with E-state index in [1.807, 2.05) is 0 Å². The van der Waals surface area contributed by atoms with E-state index in [1.165, 1.54) is 12.3 Å². The Morgan fingerprint density at radius 3 is 2.50 bits per heavy atom. The number of carboxylic acids is 1. The van der Waals surface area contributed by atoms with Crippen molar-refractivity contribution in [3.63, 3.8) is 0 Å². The molecule has 0 spiro atoms. The van der Waals surface area contributed by atoms with Crippen molar-refractivity contribution in [2.24, 2.45) is 11.8 Å². The fourth-order valence-corrected chi connectivity index (χ4v) is 4.72. The minimum absolute atomic E-state index is 0.00978. The maximum atomic E-state index is 14.0. The lowest BCUT2D eigenvalue weighted by Gasteiger charge is -2.43. The molecule has 13 heteroatoms. The summed E-state index contributed by atoms with van der Waals surface area (Å²) in [4.78, 5) is 66.5. The molecule has 1 saturated heterocycles. The van der Waals surface area contributed by atoms with Gasteiger partial charge in [0.05, 0.1) is 24.0 Å². The predicted octanol–water partition coefficient (Wildman–Crippen LogP) is 2.91. The SMILES string of the molecule is CC(C)C(=O)OCOC(=O)Cc1cc(C[C@H]2C(=O)N(C(=O)C[C@H](C)c3ccc4c(c3)OC(C)(F)O4)[C@@H]2C(=O)O)ccn1. The van der Waals surface area contributed by atoms with Crippen molar-refractivity contribution in [2.75, 3.05) is 6.79 Å². The van der Waals surface area contributed by atoms with Gasteiger partial charge in [-0.05, 0) is 47.7 Å². The number of hydrogen-bond acceptors (Lipinski definition) is 10. The monoisotopic (exact) mass is 586 g/mol. The second-order valence-electron chi connectivity index (χ2n) is 10.6. The molecule has 2 aliphatic heterocycles. The van der Waals surface area contributed by atoms with Gasteiger partial charge < -0.3 is 24.1 Å². The number of halogens is 1. The highest BCUT2D eigenvalue weighted by Gasteiger charge is 2.54. The number of imide groups is 1. The maximum Gasteiger partial charge on any atom is 0.404 e. The van der Waals surface area contributed by atoms with E-state index >= 15 is 0 Å². The third-order valence-corrected chi connectivity index (χ3v) is 6.89. The number of rotatable bonds is 11. The second-order valence-corrected chi connectivity index (χ2v) is 10.6. The van der Waals surface area contributed by atoms with Crippen LogP contribution < -0.4 is 9.47 Å². The summed E-state index contributed by atoms with van der Waals surface area (Å²) in [6.07, 6.45) is 1.02. The Balaban J connectivity index is 1.35. The summed E-state index contributed by atoms with van der Waals surface area (Å²) in [6.45, 7) is 5.60. The molecule has 1 aromatic carbocycles. The van der Waals surface area contributed by atoms with Crippen LogP contribution in [-0.2, 0) is 46.3 Å². The molecule has 1 fully saturated rings. The zero-order chi connectivity index (χ0) is 30.8. The Kier molecular flexibility index (Phi) is 8.78. The number of pyridine rings is 1. The van der Waals surface area contributed by atoms with Crippen LogP contribution in [-0.4, -0.2) is 63.6 Å². The van der Waals surface area contributed by atoms with Crippen LogP contribution in [0.4, 0.5) is 4.39 Å². The number of fused-ring (bicyclic) bond motifs is 1. The van der Waals surface area contributed by atoms with Crippen molar-refractivity contribution in [2.45, 2.75) is 65.0 Å². The molecule has 224 valence electrons. The Bertz CT molecular complexity index is 1410. The number of carbonyl (C=O) groups is 5. The van der Waals surface area contributed by atoms with Crippen LogP contribution in [0.25, 0.3) is 0 Å². The van der Waals surface area contributed by atoms with Gasteiger partial charge in [0.25, 0.3) is 0 Å². The lowest BCUT2D eigenvalue weighted by molar-refractivity contribution is -0.177. The summed E-state index contributed by atoms with van der Waals surface area (Å²) in [7, 11) is 0. The van der Waals surface area contributed by atoms with Crippen molar-refractivity contribution in [3.8, 4) is 11.5 Å². The Hall–Kier alpha value is -4.55. The minimum Gasteiger partial charge on any atom is -0.480 e. The van der Waals surface area contributed by atoms with Crippen molar-refractivity contribution in [1.82, 2.24) is 9.88 Å². The lowest BCUT2D eigenvalue weighted by Crippen LogP contribution is -2.66. The topological polar surface area (TPSA) is 159 Å². The van der Waals surface area contributed by atoms with Crippen LogP contribution in [0.15, 0.2) is 36.5 Å². The average molecular weight is 587 g/mol. The van der Waals surface area contributed by atoms with Gasteiger partial charge >= 0.3 is 23.9 Å². The molecule has 4 rings (SSSR count). The zero-order valence-electron chi connectivity index (χ0n) is 23.5.